The first kappa shape index (κ1) is 13.8. The Balaban J connectivity index is 0.00000169. The van der Waals surface area contributed by atoms with E-state index in [0.717, 1.165) is 6.07 Å². The van der Waals surface area contributed by atoms with Crippen molar-refractivity contribution in [1.82, 2.24) is 0 Å². The Morgan fingerprint density at radius 2 is 1.86 bits per heavy atom. The molecule has 0 atom stereocenters. The van der Waals surface area contributed by atoms with Crippen LogP contribution in [-0.4, -0.2) is 19.3 Å². The molecule has 14 heavy (non-hydrogen) atoms. The second-order valence-corrected chi connectivity index (χ2v) is 4.03. The Morgan fingerprint density at radius 3 is 2.29 bits per heavy atom. The molecule has 6 heteroatoms. The molecule has 0 bridgehead atoms. The van der Waals surface area contributed by atoms with Crippen molar-refractivity contribution in [2.45, 2.75) is 11.8 Å². The number of carbonyl (C=O) groups excluding carboxylic acids is 1. The maximum atomic E-state index is 10.6. The molecule has 0 aromatic heterocycles. The topological polar surface area (TPSA) is 74.3 Å². The molecule has 0 saturated carbocycles. The summed E-state index contributed by atoms with van der Waals surface area (Å²) in [5, 5.41) is 0. The molecule has 0 unspecified atom stereocenters. The summed E-state index contributed by atoms with van der Waals surface area (Å²) in [4.78, 5) is 9.97. The Labute approximate surface area is 104 Å². The van der Waals surface area contributed by atoms with Gasteiger partial charge in [-0.25, -0.2) is 8.42 Å². The maximum Gasteiger partial charge on any atom is 1.00 e. The summed E-state index contributed by atoms with van der Waals surface area (Å²) in [7, 11) is -4.47. The zero-order chi connectivity index (χ0) is 10.1. The van der Waals surface area contributed by atoms with Gasteiger partial charge in [-0.05, 0) is 30.7 Å². The first-order valence-corrected chi connectivity index (χ1v) is 4.87. The van der Waals surface area contributed by atoms with Gasteiger partial charge in [0.1, 0.15) is 16.4 Å². The zero-order valence-corrected chi connectivity index (χ0v) is 10.7. The largest absolute Gasteiger partial charge is 1.00 e. The third-order valence-electron chi connectivity index (χ3n) is 1.50. The molecule has 1 rings (SSSR count). The van der Waals surface area contributed by atoms with E-state index in [0.29, 0.717) is 11.8 Å². The fourth-order valence-corrected chi connectivity index (χ4v) is 1.60. The van der Waals surface area contributed by atoms with Crippen molar-refractivity contribution >= 4 is 16.4 Å². The van der Waals surface area contributed by atoms with Crippen molar-refractivity contribution in [1.29, 1.82) is 0 Å². The molecule has 0 aliphatic heterocycles. The predicted molar refractivity (Wildman–Crippen MR) is 44.5 cm³/mol. The van der Waals surface area contributed by atoms with Crippen molar-refractivity contribution < 1.29 is 47.3 Å². The number of hydrogen-bond acceptors (Lipinski definition) is 4. The van der Waals surface area contributed by atoms with Gasteiger partial charge in [-0.3, -0.25) is 4.79 Å². The van der Waals surface area contributed by atoms with Crippen LogP contribution in [0.3, 0.4) is 0 Å². The minimum atomic E-state index is -4.47. The molecular formula is C8H7NaO4S. The summed E-state index contributed by atoms with van der Waals surface area (Å²) in [5.74, 6) is 0. The van der Waals surface area contributed by atoms with Gasteiger partial charge in [0.05, 0.1) is 4.90 Å². The second kappa shape index (κ2) is 5.04. The van der Waals surface area contributed by atoms with E-state index >= 15 is 0 Å². The summed E-state index contributed by atoms with van der Waals surface area (Å²) in [6.07, 6.45) is 0.502. The zero-order valence-electron chi connectivity index (χ0n) is 7.85. The van der Waals surface area contributed by atoms with Gasteiger partial charge in [0.15, 0.2) is 0 Å². The molecule has 1 aromatic rings. The molecule has 0 spiro atoms. The number of aldehydes is 1. The smallest absolute Gasteiger partial charge is 0.744 e. The Morgan fingerprint density at radius 1 is 1.29 bits per heavy atom. The van der Waals surface area contributed by atoms with Gasteiger partial charge >= 0.3 is 29.6 Å². The van der Waals surface area contributed by atoms with Gasteiger partial charge in [-0.15, -0.1) is 0 Å². The fraction of sp³-hybridized carbons (Fsp3) is 0.125. The number of benzene rings is 1. The minimum absolute atomic E-state index is 0. The molecule has 0 N–H and O–H groups in total. The Kier molecular flexibility index (Phi) is 4.97. The van der Waals surface area contributed by atoms with Crippen LogP contribution >= 0.6 is 0 Å². The molecule has 0 amide bonds. The maximum absolute atomic E-state index is 10.6. The van der Waals surface area contributed by atoms with Gasteiger partial charge in [-0.2, -0.15) is 0 Å². The predicted octanol–water partition coefficient (Wildman–Crippen LogP) is -2.28. The van der Waals surface area contributed by atoms with Crippen LogP contribution in [0, 0.1) is 6.92 Å². The Hall–Kier alpha value is -0.200. The average Bonchev–Trinajstić information content (AvgIpc) is 2.01. The van der Waals surface area contributed by atoms with E-state index in [1.54, 1.807) is 6.92 Å². The van der Waals surface area contributed by atoms with Crippen molar-refractivity contribution in [2.24, 2.45) is 0 Å². The standard InChI is InChI=1S/C8H8O4S.Na/c1-6-2-7(5-9)4-8(3-6)13(10,11)12;/h2-5H,1H3,(H,10,11,12);/q;+1/p-1. The molecule has 70 valence electrons. The van der Waals surface area contributed by atoms with Gasteiger partial charge in [-0.1, -0.05) is 0 Å². The first-order valence-electron chi connectivity index (χ1n) is 3.46. The molecule has 0 aliphatic rings. The average molecular weight is 222 g/mol. The van der Waals surface area contributed by atoms with Crippen LogP contribution in [-0.2, 0) is 10.1 Å². The summed E-state index contributed by atoms with van der Waals surface area (Å²) in [5.41, 5.74) is 0.758. The monoisotopic (exact) mass is 222 g/mol. The fourth-order valence-electron chi connectivity index (χ4n) is 0.989. The molecule has 0 aliphatic carbocycles. The van der Waals surface area contributed by atoms with Crippen LogP contribution in [0.5, 0.6) is 0 Å². The third kappa shape index (κ3) is 3.51. The molecule has 0 saturated heterocycles. The van der Waals surface area contributed by atoms with Crippen molar-refractivity contribution in [3.63, 3.8) is 0 Å². The molecule has 0 fully saturated rings. The Bertz CT molecular complexity index is 439. The molecule has 0 heterocycles. The third-order valence-corrected chi connectivity index (χ3v) is 2.31. The second-order valence-electron chi connectivity index (χ2n) is 2.65. The summed E-state index contributed by atoms with van der Waals surface area (Å²) in [6.45, 7) is 1.61. The van der Waals surface area contributed by atoms with Gasteiger partial charge < -0.3 is 4.55 Å². The van der Waals surface area contributed by atoms with E-state index < -0.39 is 10.1 Å². The SMILES string of the molecule is Cc1cc(C=O)cc(S(=O)(=O)[O-])c1.[Na+]. The van der Waals surface area contributed by atoms with Crippen LogP contribution in [0.1, 0.15) is 15.9 Å². The molecule has 4 nitrogen and oxygen atoms in total. The van der Waals surface area contributed by atoms with Crippen molar-refractivity contribution in [3.05, 3.63) is 29.3 Å². The quantitative estimate of drug-likeness (QED) is 0.321. The van der Waals surface area contributed by atoms with E-state index in [-0.39, 0.29) is 40.0 Å². The number of carbonyl (C=O) groups is 1. The van der Waals surface area contributed by atoms with E-state index in [2.05, 4.69) is 0 Å². The summed E-state index contributed by atoms with van der Waals surface area (Å²) < 4.78 is 31.7. The summed E-state index contributed by atoms with van der Waals surface area (Å²) >= 11 is 0. The normalized spacial score (nSPS) is 10.4. The number of aryl methyl sites for hydroxylation is 1. The minimum Gasteiger partial charge on any atom is -0.744 e. The first-order chi connectivity index (χ1) is 5.93. The van der Waals surface area contributed by atoms with Crippen molar-refractivity contribution in [2.75, 3.05) is 0 Å². The van der Waals surface area contributed by atoms with Crippen LogP contribution in [0.4, 0.5) is 0 Å². The van der Waals surface area contributed by atoms with E-state index in [1.165, 1.54) is 12.1 Å². The van der Waals surface area contributed by atoms with Gasteiger partial charge in [0, 0.05) is 5.56 Å². The van der Waals surface area contributed by atoms with E-state index in [1.807, 2.05) is 0 Å². The number of rotatable bonds is 2. The van der Waals surface area contributed by atoms with Crippen LogP contribution in [0.2, 0.25) is 0 Å². The molecule has 1 aromatic carbocycles. The van der Waals surface area contributed by atoms with Crippen molar-refractivity contribution in [3.8, 4) is 0 Å². The number of hydrogen-bond donors (Lipinski definition) is 0. The van der Waals surface area contributed by atoms with Gasteiger partial charge in [0.2, 0.25) is 0 Å². The van der Waals surface area contributed by atoms with E-state index in [4.69, 9.17) is 0 Å². The molecule has 0 radical (unpaired) electrons. The summed E-state index contributed by atoms with van der Waals surface area (Å²) in [6, 6.07) is 3.79. The van der Waals surface area contributed by atoms with Crippen LogP contribution < -0.4 is 29.6 Å². The molecular weight excluding hydrogens is 215 g/mol. The van der Waals surface area contributed by atoms with Crippen LogP contribution in [0.25, 0.3) is 0 Å². The van der Waals surface area contributed by atoms with Crippen LogP contribution in [0.15, 0.2) is 23.1 Å². The van der Waals surface area contributed by atoms with E-state index in [9.17, 15) is 17.8 Å². The van der Waals surface area contributed by atoms with Gasteiger partial charge in [0.25, 0.3) is 0 Å².